The molecule has 3 fully saturated rings. The van der Waals surface area contributed by atoms with E-state index in [1.165, 1.54) is 5.56 Å². The normalized spacial score (nSPS) is 32.6. The predicted molar refractivity (Wildman–Crippen MR) is 91.0 cm³/mol. The smallest absolute Gasteiger partial charge is 0.214 e. The second-order valence-corrected chi connectivity index (χ2v) is 9.95. The lowest BCUT2D eigenvalue weighted by Crippen LogP contribution is -2.50. The summed E-state index contributed by atoms with van der Waals surface area (Å²) < 4.78 is 33.4. The Labute approximate surface area is 142 Å². The fourth-order valence-corrected chi connectivity index (χ4v) is 6.10. The molecule has 0 bridgehead atoms. The Bertz CT molecular complexity index is 642. The third-order valence-corrected chi connectivity index (χ3v) is 7.91. The number of sulfonamides is 1. The maximum Gasteiger partial charge on any atom is 0.214 e. The summed E-state index contributed by atoms with van der Waals surface area (Å²) in [6.45, 7) is 3.56. The number of nitrogens with zero attached hydrogens (tertiary/aromatic N) is 1. The summed E-state index contributed by atoms with van der Waals surface area (Å²) in [7, 11) is -3.11. The summed E-state index contributed by atoms with van der Waals surface area (Å²) in [5.74, 6) is 0. The summed E-state index contributed by atoms with van der Waals surface area (Å²) in [5, 5.41) is 4.17. The number of hydrogen-bond donors (Lipinski definition) is 1. The van der Waals surface area contributed by atoms with Crippen LogP contribution in [0.2, 0.25) is 0 Å². The molecule has 4 rings (SSSR count). The van der Waals surface area contributed by atoms with Crippen LogP contribution in [0.15, 0.2) is 16.8 Å². The molecule has 3 heterocycles. The van der Waals surface area contributed by atoms with E-state index in [1.807, 2.05) is 0 Å². The SMILES string of the molecule is O=S(=O)(N[C@@H]1CCO[C@]2(CCN(Cc3ccsc3)C2)C1)C1CC1. The van der Waals surface area contributed by atoms with Crippen molar-refractivity contribution in [3.05, 3.63) is 22.4 Å². The van der Waals surface area contributed by atoms with E-state index in [9.17, 15) is 8.42 Å². The molecule has 1 saturated carbocycles. The van der Waals surface area contributed by atoms with Gasteiger partial charge in [-0.3, -0.25) is 4.90 Å². The first-order chi connectivity index (χ1) is 11.0. The maximum absolute atomic E-state index is 12.2. The fraction of sp³-hybridized carbons (Fsp3) is 0.750. The number of likely N-dealkylation sites (tertiary alicyclic amines) is 1. The van der Waals surface area contributed by atoms with Crippen LogP contribution in [0.5, 0.6) is 0 Å². The van der Waals surface area contributed by atoms with Gasteiger partial charge in [0, 0.05) is 32.3 Å². The van der Waals surface area contributed by atoms with E-state index in [0.29, 0.717) is 6.61 Å². The van der Waals surface area contributed by atoms with Crippen LogP contribution in [0, 0.1) is 0 Å². The zero-order valence-electron chi connectivity index (χ0n) is 13.2. The molecule has 2 saturated heterocycles. The lowest BCUT2D eigenvalue weighted by Gasteiger charge is -2.38. The zero-order valence-corrected chi connectivity index (χ0v) is 14.9. The van der Waals surface area contributed by atoms with E-state index in [2.05, 4.69) is 26.4 Å². The number of ether oxygens (including phenoxy) is 1. The van der Waals surface area contributed by atoms with Crippen LogP contribution >= 0.6 is 11.3 Å². The van der Waals surface area contributed by atoms with E-state index < -0.39 is 10.0 Å². The lowest BCUT2D eigenvalue weighted by atomic mass is 9.90. The van der Waals surface area contributed by atoms with Crippen molar-refractivity contribution in [1.29, 1.82) is 0 Å². The molecule has 1 aromatic rings. The van der Waals surface area contributed by atoms with Gasteiger partial charge in [0.15, 0.2) is 0 Å². The summed E-state index contributed by atoms with van der Waals surface area (Å²) in [4.78, 5) is 2.43. The average Bonchev–Trinajstić information content (AvgIpc) is 3.15. The third-order valence-electron chi connectivity index (χ3n) is 5.17. The Kier molecular flexibility index (Phi) is 4.26. The van der Waals surface area contributed by atoms with Crippen molar-refractivity contribution in [2.24, 2.45) is 0 Å². The zero-order chi connectivity index (χ0) is 15.9. The lowest BCUT2D eigenvalue weighted by molar-refractivity contribution is -0.0779. The van der Waals surface area contributed by atoms with Crippen LogP contribution in [0.4, 0.5) is 0 Å². The highest BCUT2D eigenvalue weighted by atomic mass is 32.2. The van der Waals surface area contributed by atoms with Gasteiger partial charge in [-0.15, -0.1) is 0 Å². The van der Waals surface area contributed by atoms with Crippen LogP contribution in [0.3, 0.4) is 0 Å². The second kappa shape index (κ2) is 6.11. The van der Waals surface area contributed by atoms with Crippen molar-refractivity contribution >= 4 is 21.4 Å². The van der Waals surface area contributed by atoms with Crippen LogP contribution < -0.4 is 4.72 Å². The van der Waals surface area contributed by atoms with Crippen molar-refractivity contribution in [3.8, 4) is 0 Å². The van der Waals surface area contributed by atoms with Gasteiger partial charge in [-0.25, -0.2) is 13.1 Å². The van der Waals surface area contributed by atoms with Gasteiger partial charge >= 0.3 is 0 Å². The van der Waals surface area contributed by atoms with E-state index in [1.54, 1.807) is 11.3 Å². The minimum Gasteiger partial charge on any atom is -0.373 e. The summed E-state index contributed by atoms with van der Waals surface area (Å²) in [6, 6.07) is 2.21. The third kappa shape index (κ3) is 3.64. The van der Waals surface area contributed by atoms with Crippen molar-refractivity contribution in [2.75, 3.05) is 19.7 Å². The molecule has 1 aromatic heterocycles. The van der Waals surface area contributed by atoms with Gasteiger partial charge in [0.1, 0.15) is 0 Å². The molecule has 3 aliphatic rings. The van der Waals surface area contributed by atoms with Crippen LogP contribution in [0.25, 0.3) is 0 Å². The van der Waals surface area contributed by atoms with E-state index in [4.69, 9.17) is 4.74 Å². The van der Waals surface area contributed by atoms with Gasteiger partial charge in [-0.05, 0) is 54.5 Å². The molecule has 0 amide bonds. The number of nitrogens with one attached hydrogen (secondary N) is 1. The van der Waals surface area contributed by atoms with Gasteiger partial charge in [-0.1, -0.05) is 0 Å². The van der Waals surface area contributed by atoms with Crippen LogP contribution in [-0.4, -0.2) is 49.9 Å². The molecule has 0 aromatic carbocycles. The topological polar surface area (TPSA) is 58.6 Å². The Morgan fingerprint density at radius 3 is 3.00 bits per heavy atom. The monoisotopic (exact) mass is 356 g/mol. The molecule has 2 atom stereocenters. The van der Waals surface area contributed by atoms with Gasteiger partial charge in [-0.2, -0.15) is 11.3 Å². The van der Waals surface area contributed by atoms with Crippen molar-refractivity contribution in [1.82, 2.24) is 9.62 Å². The van der Waals surface area contributed by atoms with Gasteiger partial charge in [0.05, 0.1) is 10.9 Å². The molecule has 23 heavy (non-hydrogen) atoms. The maximum atomic E-state index is 12.2. The molecule has 1 spiro atoms. The molecule has 5 nitrogen and oxygen atoms in total. The summed E-state index contributed by atoms with van der Waals surface area (Å²) >= 11 is 1.73. The largest absolute Gasteiger partial charge is 0.373 e. The molecule has 7 heteroatoms. The number of rotatable bonds is 5. The van der Waals surface area contributed by atoms with Crippen LogP contribution in [0.1, 0.15) is 37.7 Å². The highest BCUT2D eigenvalue weighted by Gasteiger charge is 2.45. The fourth-order valence-electron chi connectivity index (χ4n) is 3.82. The highest BCUT2D eigenvalue weighted by molar-refractivity contribution is 7.90. The predicted octanol–water partition coefficient (Wildman–Crippen LogP) is 1.95. The Morgan fingerprint density at radius 2 is 2.26 bits per heavy atom. The molecular weight excluding hydrogens is 332 g/mol. The van der Waals surface area contributed by atoms with Crippen LogP contribution in [-0.2, 0) is 21.3 Å². The van der Waals surface area contributed by atoms with E-state index in [0.717, 1.165) is 51.7 Å². The number of hydrogen-bond acceptors (Lipinski definition) is 5. The molecular formula is C16H24N2O3S2. The first-order valence-electron chi connectivity index (χ1n) is 8.43. The highest BCUT2D eigenvalue weighted by Crippen LogP contribution is 2.36. The molecule has 128 valence electrons. The summed E-state index contributed by atoms with van der Waals surface area (Å²) in [5.41, 5.74) is 1.19. The Balaban J connectivity index is 1.37. The molecule has 0 radical (unpaired) electrons. The van der Waals surface area contributed by atoms with Crippen molar-refractivity contribution in [2.45, 2.75) is 55.5 Å². The van der Waals surface area contributed by atoms with Gasteiger partial charge in [0.25, 0.3) is 0 Å². The van der Waals surface area contributed by atoms with Crippen molar-refractivity contribution < 1.29 is 13.2 Å². The standard InChI is InChI=1S/C16H24N2O3S2/c19-23(20,15-1-2-15)17-14-3-7-21-16(9-14)5-6-18(12-16)10-13-4-8-22-11-13/h4,8,11,14-15,17H,1-3,5-7,9-10,12H2/t14-,16-/m1/s1. The quantitative estimate of drug-likeness (QED) is 0.876. The molecule has 1 N–H and O–H groups in total. The summed E-state index contributed by atoms with van der Waals surface area (Å²) in [6.07, 6.45) is 4.23. The van der Waals surface area contributed by atoms with Gasteiger partial charge < -0.3 is 4.74 Å². The average molecular weight is 357 g/mol. The minimum absolute atomic E-state index is 0.0375. The Hall–Kier alpha value is -0.470. The molecule has 2 aliphatic heterocycles. The van der Waals surface area contributed by atoms with Gasteiger partial charge in [0.2, 0.25) is 10.0 Å². The van der Waals surface area contributed by atoms with E-state index >= 15 is 0 Å². The first-order valence-corrected chi connectivity index (χ1v) is 10.9. The number of thiophene rings is 1. The Morgan fingerprint density at radius 1 is 1.39 bits per heavy atom. The van der Waals surface area contributed by atoms with Crippen molar-refractivity contribution in [3.63, 3.8) is 0 Å². The minimum atomic E-state index is -3.11. The molecule has 0 unspecified atom stereocenters. The second-order valence-electron chi connectivity index (χ2n) is 7.18. The van der Waals surface area contributed by atoms with E-state index in [-0.39, 0.29) is 16.9 Å². The molecule has 1 aliphatic carbocycles. The first kappa shape index (κ1) is 16.0.